The maximum atomic E-state index is 15.5. The van der Waals surface area contributed by atoms with Crippen LogP contribution in [0.25, 0.3) is 0 Å². The fourth-order valence-electron chi connectivity index (χ4n) is 5.01. The maximum Gasteiger partial charge on any atom is 0.287 e. The first-order valence-corrected chi connectivity index (χ1v) is 14.7. The van der Waals surface area contributed by atoms with Crippen molar-refractivity contribution in [1.82, 2.24) is 15.0 Å². The Bertz CT molecular complexity index is 1020. The van der Waals surface area contributed by atoms with Gasteiger partial charge in [0.2, 0.25) is 11.8 Å². The topological polar surface area (TPSA) is 66.4 Å². The van der Waals surface area contributed by atoms with Crippen LogP contribution in [-0.4, -0.2) is 41.4 Å². The van der Waals surface area contributed by atoms with Crippen LogP contribution < -0.4 is 9.47 Å². The van der Waals surface area contributed by atoms with Crippen molar-refractivity contribution in [1.29, 1.82) is 0 Å². The number of ether oxygens (including phenoxy) is 3. The van der Waals surface area contributed by atoms with Crippen LogP contribution in [0.3, 0.4) is 0 Å². The van der Waals surface area contributed by atoms with Gasteiger partial charge in [0.05, 0.1) is 37.1 Å². The third kappa shape index (κ3) is 8.78. The van der Waals surface area contributed by atoms with Gasteiger partial charge < -0.3 is 14.2 Å². The zero-order chi connectivity index (χ0) is 27.5. The molecule has 2 aliphatic carbocycles. The largest absolute Gasteiger partial charge is 0.490 e. The Morgan fingerprint density at radius 3 is 2.33 bits per heavy atom. The highest BCUT2D eigenvalue weighted by molar-refractivity contribution is 5.38. The van der Waals surface area contributed by atoms with Gasteiger partial charge in [-0.15, -0.1) is 0 Å². The predicted molar refractivity (Wildman–Crippen MR) is 143 cm³/mol. The summed E-state index contributed by atoms with van der Waals surface area (Å²) in [6.45, 7) is 4.36. The molecule has 0 aromatic carbocycles. The normalized spacial score (nSPS) is 18.1. The van der Waals surface area contributed by atoms with Crippen LogP contribution in [0, 0.1) is 11.9 Å². The Morgan fingerprint density at radius 1 is 0.872 bits per heavy atom. The summed E-state index contributed by atoms with van der Waals surface area (Å²) in [6.07, 6.45) is 15.5. The van der Waals surface area contributed by atoms with Gasteiger partial charge in [-0.2, -0.15) is 9.37 Å². The molecule has 2 aromatic heterocycles. The van der Waals surface area contributed by atoms with E-state index < -0.39 is 23.4 Å². The van der Waals surface area contributed by atoms with Crippen molar-refractivity contribution in [3.63, 3.8) is 0 Å². The Kier molecular flexibility index (Phi) is 11.2. The van der Waals surface area contributed by atoms with Gasteiger partial charge in [0.25, 0.3) is 5.92 Å². The van der Waals surface area contributed by atoms with Crippen LogP contribution in [0.2, 0.25) is 0 Å². The first-order chi connectivity index (χ1) is 19.0. The van der Waals surface area contributed by atoms with Gasteiger partial charge in [-0.05, 0) is 50.0 Å². The second-order valence-corrected chi connectivity index (χ2v) is 10.8. The lowest BCUT2D eigenvalue weighted by Gasteiger charge is -2.32. The second-order valence-electron chi connectivity index (χ2n) is 10.8. The molecule has 1 saturated carbocycles. The number of alkyl halides is 2. The number of rotatable bonds is 18. The van der Waals surface area contributed by atoms with Gasteiger partial charge in [-0.3, -0.25) is 0 Å². The predicted octanol–water partition coefficient (Wildman–Crippen LogP) is 7.55. The average molecular weight is 550 g/mol. The molecule has 216 valence electrons. The summed E-state index contributed by atoms with van der Waals surface area (Å²) in [7, 11) is 0. The summed E-state index contributed by atoms with van der Waals surface area (Å²) >= 11 is 0. The van der Waals surface area contributed by atoms with Gasteiger partial charge >= 0.3 is 0 Å². The highest BCUT2D eigenvalue weighted by Crippen LogP contribution is 2.49. The van der Waals surface area contributed by atoms with Crippen molar-refractivity contribution in [3.8, 4) is 11.6 Å². The quantitative estimate of drug-likeness (QED) is 0.141. The number of hydrogen-bond donors (Lipinski definition) is 0. The molecule has 9 heteroatoms. The average Bonchev–Trinajstić information content (AvgIpc) is 3.74. The lowest BCUT2D eigenvalue weighted by Crippen LogP contribution is -2.33. The molecule has 1 fully saturated rings. The zero-order valence-electron chi connectivity index (χ0n) is 23.1. The zero-order valence-corrected chi connectivity index (χ0v) is 23.1. The molecule has 6 nitrogen and oxygen atoms in total. The Labute approximate surface area is 230 Å². The molecule has 2 aliphatic rings. The number of aromatic nitrogens is 3. The van der Waals surface area contributed by atoms with Crippen molar-refractivity contribution >= 4 is 0 Å². The van der Waals surface area contributed by atoms with Crippen LogP contribution >= 0.6 is 0 Å². The molecular formula is C30H42F3N3O3. The van der Waals surface area contributed by atoms with E-state index in [4.69, 9.17) is 14.2 Å². The molecule has 0 radical (unpaired) electrons. The number of nitrogens with zero attached hydrogens (tertiary/aromatic N) is 3. The molecule has 2 heterocycles. The number of fused-ring (bicyclic) bond motifs is 1. The van der Waals surface area contributed by atoms with Crippen molar-refractivity contribution < 1.29 is 27.4 Å². The number of halogens is 3. The summed E-state index contributed by atoms with van der Waals surface area (Å²) < 4.78 is 62.6. The number of hydrogen-bond acceptors (Lipinski definition) is 6. The first-order valence-electron chi connectivity index (χ1n) is 14.7. The molecule has 2 aromatic rings. The molecule has 0 saturated heterocycles. The van der Waals surface area contributed by atoms with Crippen LogP contribution in [-0.2, 0) is 17.1 Å². The first kappa shape index (κ1) is 29.6. The van der Waals surface area contributed by atoms with E-state index in [1.165, 1.54) is 50.6 Å². The lowest BCUT2D eigenvalue weighted by molar-refractivity contribution is -0.0501. The van der Waals surface area contributed by atoms with Crippen molar-refractivity contribution in [2.75, 3.05) is 26.4 Å². The maximum absolute atomic E-state index is 15.5. The van der Waals surface area contributed by atoms with E-state index in [2.05, 4.69) is 21.9 Å². The molecule has 0 aliphatic heterocycles. The third-order valence-corrected chi connectivity index (χ3v) is 7.51. The Balaban J connectivity index is 1.25. The highest BCUT2D eigenvalue weighted by atomic mass is 19.3. The fourth-order valence-corrected chi connectivity index (χ4v) is 5.01. The van der Waals surface area contributed by atoms with Gasteiger partial charge in [0, 0.05) is 19.3 Å². The molecular weight excluding hydrogens is 507 g/mol. The Hall–Kier alpha value is -2.42. The molecule has 0 spiro atoms. The molecule has 4 rings (SSSR count). The fraction of sp³-hybridized carbons (Fsp3) is 0.700. The van der Waals surface area contributed by atoms with E-state index in [0.29, 0.717) is 32.0 Å². The minimum Gasteiger partial charge on any atom is -0.490 e. The smallest absolute Gasteiger partial charge is 0.287 e. The summed E-state index contributed by atoms with van der Waals surface area (Å²) in [4.78, 5) is 12.0. The van der Waals surface area contributed by atoms with Gasteiger partial charge in [0.15, 0.2) is 5.75 Å². The number of pyridine rings is 1. The van der Waals surface area contributed by atoms with E-state index >= 15 is 8.78 Å². The van der Waals surface area contributed by atoms with E-state index in [1.807, 2.05) is 0 Å². The van der Waals surface area contributed by atoms with E-state index in [9.17, 15) is 4.39 Å². The molecule has 39 heavy (non-hydrogen) atoms. The van der Waals surface area contributed by atoms with Gasteiger partial charge in [0.1, 0.15) is 5.82 Å². The van der Waals surface area contributed by atoms with Gasteiger partial charge in [-0.1, -0.05) is 51.9 Å². The molecule has 0 bridgehead atoms. The molecule has 1 unspecified atom stereocenters. The van der Waals surface area contributed by atoms with E-state index in [-0.39, 0.29) is 30.1 Å². The molecule has 0 N–H and O–H groups in total. The van der Waals surface area contributed by atoms with Crippen LogP contribution in [0.5, 0.6) is 11.6 Å². The summed E-state index contributed by atoms with van der Waals surface area (Å²) in [5.41, 5.74) is -0.459. The monoisotopic (exact) mass is 549 g/mol. The number of aryl methyl sites for hydroxylation is 1. The summed E-state index contributed by atoms with van der Waals surface area (Å²) in [5.74, 6) is -4.56. The molecule has 0 amide bonds. The summed E-state index contributed by atoms with van der Waals surface area (Å²) in [6, 6.07) is 1.43. The van der Waals surface area contributed by atoms with Crippen LogP contribution in [0.4, 0.5) is 13.2 Å². The SMILES string of the molecule is CCCCOCCCCOc1cc2c(c(F)n1)C(F)(F)C(c1ncc(OCCCCCCC3CC3)cn1)CC2. The number of unbranched alkanes of at least 4 members (excludes halogenated alkanes) is 5. The Morgan fingerprint density at radius 2 is 1.56 bits per heavy atom. The van der Waals surface area contributed by atoms with E-state index in [1.54, 1.807) is 0 Å². The molecule has 1 atom stereocenters. The van der Waals surface area contributed by atoms with E-state index in [0.717, 1.165) is 44.6 Å². The standard InChI is InChI=1S/C30H42F3N3O3/c1-2-3-15-37-16-8-9-18-39-26-19-23-13-14-25(30(32,33)27(23)28(31)36-26)29-34-20-24(21-35-29)38-17-7-5-4-6-10-22-11-12-22/h19-22,25H,2-18H2,1H3. The minimum atomic E-state index is -3.48. The van der Waals surface area contributed by atoms with Crippen LogP contribution in [0.15, 0.2) is 18.5 Å². The summed E-state index contributed by atoms with van der Waals surface area (Å²) in [5, 5.41) is 0. The van der Waals surface area contributed by atoms with Crippen LogP contribution in [0.1, 0.15) is 107 Å². The van der Waals surface area contributed by atoms with Gasteiger partial charge in [-0.25, -0.2) is 18.7 Å². The van der Waals surface area contributed by atoms with Crippen molar-refractivity contribution in [2.45, 2.75) is 102 Å². The highest BCUT2D eigenvalue weighted by Gasteiger charge is 2.50. The third-order valence-electron chi connectivity index (χ3n) is 7.51. The minimum absolute atomic E-state index is 0.0149. The second kappa shape index (κ2) is 14.8. The lowest BCUT2D eigenvalue weighted by atomic mass is 9.80. The van der Waals surface area contributed by atoms with Crippen molar-refractivity contribution in [3.05, 3.63) is 41.4 Å². The van der Waals surface area contributed by atoms with Crippen molar-refractivity contribution in [2.24, 2.45) is 5.92 Å².